The molecule has 1 aliphatic rings. The third kappa shape index (κ3) is 5.23. The first-order chi connectivity index (χ1) is 17.5. The number of nitrogens with one attached hydrogen (secondary N) is 2. The Hall–Kier alpha value is -3.78. The van der Waals surface area contributed by atoms with E-state index in [4.69, 9.17) is 10.1 Å². The molecule has 4 aromatic rings. The second-order valence-electron chi connectivity index (χ2n) is 9.55. The summed E-state index contributed by atoms with van der Waals surface area (Å²) in [5, 5.41) is 11.9. The number of nitrogens with zero attached hydrogens (tertiary/aromatic N) is 4. The van der Waals surface area contributed by atoms with Crippen molar-refractivity contribution in [2.24, 2.45) is 0 Å². The normalized spacial score (nSPS) is 14.8. The molecule has 3 heterocycles. The Balaban J connectivity index is 1.11. The second kappa shape index (κ2) is 10.5. The maximum Gasteiger partial charge on any atom is 0.238 e. The number of carbonyl (C=O) groups is 2. The SMILES string of the molecule is Cc1nc2c3ccccc3nn2c(C)c1CCC(=O)NC1CCN(CC(=O)Nc2ccccc2)CC1. The molecule has 2 aromatic heterocycles. The number of amides is 2. The van der Waals surface area contributed by atoms with Crippen LogP contribution in [0.4, 0.5) is 5.69 Å². The second-order valence-corrected chi connectivity index (χ2v) is 9.55. The molecule has 2 N–H and O–H groups in total. The number of hydrogen-bond acceptors (Lipinski definition) is 5. The summed E-state index contributed by atoms with van der Waals surface area (Å²) in [4.78, 5) is 32.0. The van der Waals surface area contributed by atoms with E-state index in [0.29, 0.717) is 19.4 Å². The summed E-state index contributed by atoms with van der Waals surface area (Å²) < 4.78 is 1.90. The number of para-hydroxylation sites is 1. The van der Waals surface area contributed by atoms with Gasteiger partial charge in [0.15, 0.2) is 5.65 Å². The van der Waals surface area contributed by atoms with Crippen molar-refractivity contribution in [3.05, 3.63) is 71.5 Å². The maximum absolute atomic E-state index is 12.7. The largest absolute Gasteiger partial charge is 0.353 e. The molecule has 2 aromatic carbocycles. The minimum atomic E-state index is -0.00918. The first-order valence-electron chi connectivity index (χ1n) is 12.6. The summed E-state index contributed by atoms with van der Waals surface area (Å²) in [6, 6.07) is 17.6. The first kappa shape index (κ1) is 23.9. The Morgan fingerprint density at radius 3 is 2.47 bits per heavy atom. The van der Waals surface area contributed by atoms with Crippen LogP contribution in [-0.4, -0.2) is 57.0 Å². The van der Waals surface area contributed by atoms with E-state index in [0.717, 1.165) is 65.1 Å². The molecule has 0 saturated carbocycles. The fourth-order valence-corrected chi connectivity index (χ4v) is 5.04. The summed E-state index contributed by atoms with van der Waals surface area (Å²) in [5.74, 6) is 0.0462. The molecule has 186 valence electrons. The van der Waals surface area contributed by atoms with Crippen molar-refractivity contribution >= 4 is 34.1 Å². The van der Waals surface area contributed by atoms with Gasteiger partial charge in [0.1, 0.15) is 0 Å². The third-order valence-corrected chi connectivity index (χ3v) is 7.00. The number of piperidine rings is 1. The van der Waals surface area contributed by atoms with Crippen molar-refractivity contribution in [2.45, 2.75) is 45.6 Å². The highest BCUT2D eigenvalue weighted by molar-refractivity contribution is 5.92. The van der Waals surface area contributed by atoms with Gasteiger partial charge in [-0.1, -0.05) is 30.3 Å². The van der Waals surface area contributed by atoms with E-state index in [1.165, 1.54) is 0 Å². The van der Waals surface area contributed by atoms with Crippen LogP contribution in [-0.2, 0) is 16.0 Å². The standard InChI is InChI=1S/C28H32N6O2/c1-19-23(20(2)34-28(29-19)24-10-6-7-11-25(24)32-34)12-13-26(35)30-22-14-16-33(17-15-22)18-27(36)31-21-8-4-3-5-9-21/h3-11,22H,12-18H2,1-2H3,(H,30,35)(H,31,36). The molecule has 0 spiro atoms. The number of aromatic nitrogens is 3. The number of fused-ring (bicyclic) bond motifs is 3. The maximum atomic E-state index is 12.7. The average molecular weight is 485 g/mol. The van der Waals surface area contributed by atoms with Crippen molar-refractivity contribution in [3.8, 4) is 0 Å². The Bertz CT molecular complexity index is 1390. The van der Waals surface area contributed by atoms with E-state index in [1.807, 2.05) is 73.0 Å². The van der Waals surface area contributed by atoms with Crippen molar-refractivity contribution in [2.75, 3.05) is 25.0 Å². The summed E-state index contributed by atoms with van der Waals surface area (Å²) in [6.07, 6.45) is 2.72. The Morgan fingerprint density at radius 1 is 0.972 bits per heavy atom. The smallest absolute Gasteiger partial charge is 0.238 e. The highest BCUT2D eigenvalue weighted by Gasteiger charge is 2.22. The predicted molar refractivity (Wildman–Crippen MR) is 141 cm³/mol. The monoisotopic (exact) mass is 484 g/mol. The van der Waals surface area contributed by atoms with Gasteiger partial charge in [-0.25, -0.2) is 9.50 Å². The molecule has 0 atom stereocenters. The van der Waals surface area contributed by atoms with Gasteiger partial charge in [-0.15, -0.1) is 0 Å². The quantitative estimate of drug-likeness (QED) is 0.418. The van der Waals surface area contributed by atoms with Gasteiger partial charge >= 0.3 is 0 Å². The fraction of sp³-hybridized carbons (Fsp3) is 0.357. The molecular formula is C28H32N6O2. The molecule has 1 aliphatic heterocycles. The molecule has 1 fully saturated rings. The van der Waals surface area contributed by atoms with Gasteiger partial charge in [0.25, 0.3) is 0 Å². The molecule has 0 aliphatic carbocycles. The molecule has 36 heavy (non-hydrogen) atoms. The number of rotatable bonds is 7. The third-order valence-electron chi connectivity index (χ3n) is 7.00. The van der Waals surface area contributed by atoms with E-state index in [2.05, 4.69) is 15.5 Å². The molecule has 0 unspecified atom stereocenters. The van der Waals surface area contributed by atoms with E-state index >= 15 is 0 Å². The molecule has 1 saturated heterocycles. The van der Waals surface area contributed by atoms with Crippen LogP contribution in [0.15, 0.2) is 54.6 Å². The van der Waals surface area contributed by atoms with Gasteiger partial charge in [0.2, 0.25) is 11.8 Å². The van der Waals surface area contributed by atoms with Gasteiger partial charge in [-0.05, 0) is 62.9 Å². The van der Waals surface area contributed by atoms with Crippen molar-refractivity contribution in [3.63, 3.8) is 0 Å². The van der Waals surface area contributed by atoms with Crippen LogP contribution in [0.1, 0.15) is 36.2 Å². The zero-order chi connectivity index (χ0) is 25.1. The summed E-state index contributed by atoms with van der Waals surface area (Å²) in [5.41, 5.74) is 5.64. The molecular weight excluding hydrogens is 452 g/mol. The van der Waals surface area contributed by atoms with Crippen LogP contribution in [0, 0.1) is 13.8 Å². The number of likely N-dealkylation sites (tertiary alicyclic amines) is 1. The summed E-state index contributed by atoms with van der Waals surface area (Å²) >= 11 is 0. The Labute approximate surface area is 210 Å². The van der Waals surface area contributed by atoms with Crippen molar-refractivity contribution in [1.82, 2.24) is 24.8 Å². The van der Waals surface area contributed by atoms with E-state index in [1.54, 1.807) is 0 Å². The lowest BCUT2D eigenvalue weighted by molar-refractivity contribution is -0.122. The first-order valence-corrected chi connectivity index (χ1v) is 12.6. The minimum absolute atomic E-state index is 0.00918. The van der Waals surface area contributed by atoms with Gasteiger partial charge in [0.05, 0.1) is 12.1 Å². The van der Waals surface area contributed by atoms with Crippen LogP contribution in [0.25, 0.3) is 16.6 Å². The van der Waals surface area contributed by atoms with Crippen LogP contribution in [0.2, 0.25) is 0 Å². The minimum Gasteiger partial charge on any atom is -0.353 e. The lowest BCUT2D eigenvalue weighted by Crippen LogP contribution is -2.46. The number of aryl methyl sites for hydroxylation is 2. The average Bonchev–Trinajstić information content (AvgIpc) is 3.24. The predicted octanol–water partition coefficient (Wildman–Crippen LogP) is 3.65. The molecule has 5 rings (SSSR count). The summed E-state index contributed by atoms with van der Waals surface area (Å²) in [6.45, 7) is 6.00. The zero-order valence-electron chi connectivity index (χ0n) is 20.8. The number of carbonyl (C=O) groups excluding carboxylic acids is 2. The highest BCUT2D eigenvalue weighted by atomic mass is 16.2. The number of benzene rings is 2. The molecule has 0 radical (unpaired) electrons. The molecule has 2 amide bonds. The zero-order valence-corrected chi connectivity index (χ0v) is 20.8. The van der Waals surface area contributed by atoms with Gasteiger partial charge < -0.3 is 10.6 Å². The summed E-state index contributed by atoms with van der Waals surface area (Å²) in [7, 11) is 0. The number of anilines is 1. The Kier molecular flexibility index (Phi) is 6.95. The highest BCUT2D eigenvalue weighted by Crippen LogP contribution is 2.23. The lowest BCUT2D eigenvalue weighted by Gasteiger charge is -2.31. The van der Waals surface area contributed by atoms with Crippen LogP contribution >= 0.6 is 0 Å². The van der Waals surface area contributed by atoms with Crippen LogP contribution in [0.3, 0.4) is 0 Å². The van der Waals surface area contributed by atoms with Crippen molar-refractivity contribution < 1.29 is 9.59 Å². The van der Waals surface area contributed by atoms with Crippen LogP contribution in [0.5, 0.6) is 0 Å². The van der Waals surface area contributed by atoms with Gasteiger partial charge in [0, 0.05) is 48.0 Å². The van der Waals surface area contributed by atoms with Gasteiger partial charge in [-0.2, -0.15) is 5.10 Å². The van der Waals surface area contributed by atoms with E-state index in [9.17, 15) is 9.59 Å². The molecule has 0 bridgehead atoms. The molecule has 8 heteroatoms. The van der Waals surface area contributed by atoms with E-state index < -0.39 is 0 Å². The van der Waals surface area contributed by atoms with Crippen LogP contribution < -0.4 is 10.6 Å². The number of hydrogen-bond donors (Lipinski definition) is 2. The van der Waals surface area contributed by atoms with Crippen molar-refractivity contribution in [1.29, 1.82) is 0 Å². The van der Waals surface area contributed by atoms with E-state index in [-0.39, 0.29) is 17.9 Å². The molecule has 8 nitrogen and oxygen atoms in total. The Morgan fingerprint density at radius 2 is 1.69 bits per heavy atom. The van der Waals surface area contributed by atoms with Gasteiger partial charge in [-0.3, -0.25) is 14.5 Å². The topological polar surface area (TPSA) is 91.6 Å². The fourth-order valence-electron chi connectivity index (χ4n) is 5.04. The lowest BCUT2D eigenvalue weighted by atomic mass is 10.0.